The second-order valence-corrected chi connectivity index (χ2v) is 3.54. The Morgan fingerprint density at radius 1 is 1.69 bits per heavy atom. The quantitative estimate of drug-likeness (QED) is 0.690. The number of nitrogens with zero attached hydrogens (tertiary/aromatic N) is 1. The fourth-order valence-electron chi connectivity index (χ4n) is 1.99. The van der Waals surface area contributed by atoms with Gasteiger partial charge in [0.05, 0.1) is 5.56 Å². The van der Waals surface area contributed by atoms with Crippen LogP contribution in [0.3, 0.4) is 0 Å². The lowest BCUT2D eigenvalue weighted by molar-refractivity contribution is 0.0939. The first kappa shape index (κ1) is 8.35. The van der Waals surface area contributed by atoms with Gasteiger partial charge in [0.15, 0.2) is 0 Å². The van der Waals surface area contributed by atoms with Crippen molar-refractivity contribution in [1.29, 1.82) is 0 Å². The van der Waals surface area contributed by atoms with Gasteiger partial charge in [-0.05, 0) is 12.5 Å². The molecular formula is C10H14N2O. The van der Waals surface area contributed by atoms with Crippen LogP contribution in [0.1, 0.15) is 35.3 Å². The zero-order valence-electron chi connectivity index (χ0n) is 8.00. The third-order valence-corrected chi connectivity index (χ3v) is 2.75. The van der Waals surface area contributed by atoms with Gasteiger partial charge in [-0.3, -0.25) is 4.79 Å². The van der Waals surface area contributed by atoms with Crippen LogP contribution in [-0.2, 0) is 7.05 Å². The number of aromatic nitrogens is 1. The standard InChI is InChI=1S/C10H14N2O/c1-3-7-6-11-10(13)8-4-5-12(2)9(7)8/h4-5,7H,3,6H2,1-2H3,(H,11,13). The molecule has 1 aromatic rings. The van der Waals surface area contributed by atoms with Crippen LogP contribution in [-0.4, -0.2) is 17.0 Å². The van der Waals surface area contributed by atoms with Crippen molar-refractivity contribution in [3.8, 4) is 0 Å². The topological polar surface area (TPSA) is 34.0 Å². The molecule has 1 aromatic heterocycles. The van der Waals surface area contributed by atoms with Crippen LogP contribution in [0.15, 0.2) is 12.3 Å². The lowest BCUT2D eigenvalue weighted by Gasteiger charge is -2.23. The van der Waals surface area contributed by atoms with E-state index in [4.69, 9.17) is 0 Å². The Morgan fingerprint density at radius 3 is 3.15 bits per heavy atom. The van der Waals surface area contributed by atoms with Gasteiger partial charge in [-0.25, -0.2) is 0 Å². The lowest BCUT2D eigenvalue weighted by atomic mass is 9.95. The average molecular weight is 178 g/mol. The van der Waals surface area contributed by atoms with E-state index in [2.05, 4.69) is 16.8 Å². The van der Waals surface area contributed by atoms with Crippen LogP contribution in [0.25, 0.3) is 0 Å². The van der Waals surface area contributed by atoms with Gasteiger partial charge >= 0.3 is 0 Å². The van der Waals surface area contributed by atoms with Gasteiger partial charge in [-0.2, -0.15) is 0 Å². The molecule has 0 saturated heterocycles. The van der Waals surface area contributed by atoms with E-state index in [1.807, 2.05) is 19.3 Å². The second-order valence-electron chi connectivity index (χ2n) is 3.54. The molecule has 13 heavy (non-hydrogen) atoms. The van der Waals surface area contributed by atoms with Crippen molar-refractivity contribution < 1.29 is 4.79 Å². The van der Waals surface area contributed by atoms with Crippen LogP contribution >= 0.6 is 0 Å². The predicted molar refractivity (Wildman–Crippen MR) is 50.8 cm³/mol. The summed E-state index contributed by atoms with van der Waals surface area (Å²) in [6.07, 6.45) is 3.03. The van der Waals surface area contributed by atoms with Gasteiger partial charge in [0.25, 0.3) is 5.91 Å². The van der Waals surface area contributed by atoms with Gasteiger partial charge in [0, 0.05) is 31.4 Å². The van der Waals surface area contributed by atoms with Crippen molar-refractivity contribution in [2.24, 2.45) is 7.05 Å². The van der Waals surface area contributed by atoms with Gasteiger partial charge in [-0.1, -0.05) is 6.92 Å². The molecule has 3 heteroatoms. The van der Waals surface area contributed by atoms with E-state index in [-0.39, 0.29) is 5.91 Å². The van der Waals surface area contributed by atoms with Crippen LogP contribution in [0.2, 0.25) is 0 Å². The molecule has 3 nitrogen and oxygen atoms in total. The summed E-state index contributed by atoms with van der Waals surface area (Å²) in [6.45, 7) is 2.93. The Morgan fingerprint density at radius 2 is 2.46 bits per heavy atom. The molecule has 1 unspecified atom stereocenters. The molecule has 1 aliphatic heterocycles. The highest BCUT2D eigenvalue weighted by atomic mass is 16.1. The minimum Gasteiger partial charge on any atom is -0.353 e. The number of aryl methyl sites for hydroxylation is 1. The highest BCUT2D eigenvalue weighted by molar-refractivity contribution is 5.96. The fraction of sp³-hybridized carbons (Fsp3) is 0.500. The van der Waals surface area contributed by atoms with E-state index in [1.165, 1.54) is 5.69 Å². The van der Waals surface area contributed by atoms with E-state index < -0.39 is 0 Å². The van der Waals surface area contributed by atoms with Crippen molar-refractivity contribution in [3.63, 3.8) is 0 Å². The van der Waals surface area contributed by atoms with E-state index in [0.29, 0.717) is 5.92 Å². The highest BCUT2D eigenvalue weighted by Gasteiger charge is 2.26. The van der Waals surface area contributed by atoms with Gasteiger partial charge in [0.2, 0.25) is 0 Å². The van der Waals surface area contributed by atoms with Crippen molar-refractivity contribution in [3.05, 3.63) is 23.5 Å². The molecule has 0 aliphatic carbocycles. The average Bonchev–Trinajstić information content (AvgIpc) is 2.51. The Balaban J connectivity index is 2.50. The van der Waals surface area contributed by atoms with Gasteiger partial charge < -0.3 is 9.88 Å². The zero-order chi connectivity index (χ0) is 9.42. The number of fused-ring (bicyclic) bond motifs is 1. The van der Waals surface area contributed by atoms with Crippen molar-refractivity contribution in [1.82, 2.24) is 9.88 Å². The maximum Gasteiger partial charge on any atom is 0.253 e. The second kappa shape index (κ2) is 2.91. The summed E-state index contributed by atoms with van der Waals surface area (Å²) in [5, 5.41) is 2.90. The molecule has 1 aliphatic rings. The van der Waals surface area contributed by atoms with E-state index in [9.17, 15) is 4.79 Å². The summed E-state index contributed by atoms with van der Waals surface area (Å²) in [6, 6.07) is 1.90. The number of amides is 1. The molecule has 2 heterocycles. The monoisotopic (exact) mass is 178 g/mol. The third-order valence-electron chi connectivity index (χ3n) is 2.75. The summed E-state index contributed by atoms with van der Waals surface area (Å²) in [7, 11) is 2.00. The van der Waals surface area contributed by atoms with E-state index in [0.717, 1.165) is 18.5 Å². The molecule has 70 valence electrons. The molecule has 2 rings (SSSR count). The molecule has 0 radical (unpaired) electrons. The van der Waals surface area contributed by atoms with Crippen LogP contribution in [0.5, 0.6) is 0 Å². The Hall–Kier alpha value is -1.25. The Bertz CT molecular complexity index is 341. The molecular weight excluding hydrogens is 164 g/mol. The summed E-state index contributed by atoms with van der Waals surface area (Å²) >= 11 is 0. The minimum atomic E-state index is 0.0697. The Labute approximate surface area is 77.7 Å². The zero-order valence-corrected chi connectivity index (χ0v) is 8.00. The van der Waals surface area contributed by atoms with E-state index >= 15 is 0 Å². The molecule has 1 amide bonds. The summed E-state index contributed by atoms with van der Waals surface area (Å²) in [4.78, 5) is 11.4. The fourth-order valence-corrected chi connectivity index (χ4v) is 1.99. The number of rotatable bonds is 1. The number of hydrogen-bond acceptors (Lipinski definition) is 1. The molecule has 0 bridgehead atoms. The first-order valence-corrected chi connectivity index (χ1v) is 4.67. The minimum absolute atomic E-state index is 0.0697. The maximum atomic E-state index is 11.4. The normalized spacial score (nSPS) is 21.1. The molecule has 0 aromatic carbocycles. The molecule has 1 atom stereocenters. The summed E-state index contributed by atoms with van der Waals surface area (Å²) < 4.78 is 2.06. The van der Waals surface area contributed by atoms with Crippen LogP contribution in [0, 0.1) is 0 Å². The van der Waals surface area contributed by atoms with Crippen molar-refractivity contribution in [2.75, 3.05) is 6.54 Å². The van der Waals surface area contributed by atoms with Gasteiger partial charge in [0.1, 0.15) is 0 Å². The number of nitrogens with one attached hydrogen (secondary N) is 1. The lowest BCUT2D eigenvalue weighted by Crippen LogP contribution is -2.35. The molecule has 0 spiro atoms. The van der Waals surface area contributed by atoms with Gasteiger partial charge in [-0.15, -0.1) is 0 Å². The Kier molecular flexibility index (Phi) is 1.87. The van der Waals surface area contributed by atoms with Crippen molar-refractivity contribution in [2.45, 2.75) is 19.3 Å². The maximum absolute atomic E-state index is 11.4. The number of carbonyl (C=O) groups excluding carboxylic acids is 1. The predicted octanol–water partition coefficient (Wildman–Crippen LogP) is 1.26. The smallest absolute Gasteiger partial charge is 0.253 e. The summed E-state index contributed by atoms with van der Waals surface area (Å²) in [5.41, 5.74) is 2.03. The largest absolute Gasteiger partial charge is 0.353 e. The van der Waals surface area contributed by atoms with Crippen molar-refractivity contribution >= 4 is 5.91 Å². The first-order chi connectivity index (χ1) is 6.24. The van der Waals surface area contributed by atoms with Crippen LogP contribution in [0.4, 0.5) is 0 Å². The SMILES string of the molecule is CCC1CNC(=O)c2ccn(C)c21. The van der Waals surface area contributed by atoms with E-state index in [1.54, 1.807) is 0 Å². The number of hydrogen-bond donors (Lipinski definition) is 1. The molecule has 0 saturated carbocycles. The first-order valence-electron chi connectivity index (χ1n) is 4.67. The highest BCUT2D eigenvalue weighted by Crippen LogP contribution is 2.26. The summed E-state index contributed by atoms with van der Waals surface area (Å²) in [5.74, 6) is 0.549. The number of carbonyl (C=O) groups is 1. The molecule has 1 N–H and O–H groups in total. The molecule has 0 fully saturated rings. The van der Waals surface area contributed by atoms with Crippen LogP contribution < -0.4 is 5.32 Å². The third kappa shape index (κ3) is 1.15.